The molecule has 0 spiro atoms. The third kappa shape index (κ3) is 1.79. The van der Waals surface area contributed by atoms with Gasteiger partial charge in [-0.05, 0) is 18.2 Å². The van der Waals surface area contributed by atoms with E-state index in [1.807, 2.05) is 6.07 Å². The lowest BCUT2D eigenvalue weighted by Gasteiger charge is -2.37. The number of halogens is 1. The quantitative estimate of drug-likeness (QED) is 0.721. The van der Waals surface area contributed by atoms with Crippen LogP contribution in [0.4, 0.5) is 9.52 Å². The van der Waals surface area contributed by atoms with Crippen LogP contribution in [0.25, 0.3) is 10.2 Å². The molecule has 0 amide bonds. The average molecular weight is 275 g/mol. The first-order chi connectivity index (χ1) is 9.29. The van der Waals surface area contributed by atoms with E-state index in [1.165, 1.54) is 23.5 Å². The third-order valence-corrected chi connectivity index (χ3v) is 4.45. The zero-order valence-corrected chi connectivity index (χ0v) is 10.7. The van der Waals surface area contributed by atoms with E-state index >= 15 is 0 Å². The van der Waals surface area contributed by atoms with E-state index in [-0.39, 0.29) is 5.82 Å². The van der Waals surface area contributed by atoms with Crippen LogP contribution in [0.3, 0.4) is 0 Å². The molecular weight excluding hydrogens is 265 g/mol. The fraction of sp³-hybridized carbons (Fsp3) is 0.231. The summed E-state index contributed by atoms with van der Waals surface area (Å²) in [6, 6.07) is 6.60. The largest absolute Gasteiger partial charge is 0.364 e. The molecule has 3 aromatic rings. The van der Waals surface area contributed by atoms with Crippen LogP contribution < -0.4 is 4.90 Å². The van der Waals surface area contributed by atoms with Gasteiger partial charge in [0.1, 0.15) is 12.1 Å². The summed E-state index contributed by atoms with van der Waals surface area (Å²) in [5.74, 6) is 0.189. The van der Waals surface area contributed by atoms with Gasteiger partial charge in [0, 0.05) is 25.1 Å². The minimum absolute atomic E-state index is 0.216. The molecule has 2 aromatic heterocycles. The molecule has 96 valence electrons. The van der Waals surface area contributed by atoms with Gasteiger partial charge in [-0.25, -0.2) is 9.37 Å². The van der Waals surface area contributed by atoms with Crippen LogP contribution in [-0.4, -0.2) is 23.2 Å². The van der Waals surface area contributed by atoms with Crippen molar-refractivity contribution >= 4 is 26.7 Å². The second kappa shape index (κ2) is 4.03. The lowest BCUT2D eigenvalue weighted by Crippen LogP contribution is -2.45. The Kier molecular flexibility index (Phi) is 2.32. The number of fused-ring (bicyclic) bond motifs is 1. The maximum absolute atomic E-state index is 13.1. The van der Waals surface area contributed by atoms with Crippen molar-refractivity contribution in [2.45, 2.75) is 5.92 Å². The maximum Gasteiger partial charge on any atom is 0.186 e. The molecule has 0 radical (unpaired) electrons. The van der Waals surface area contributed by atoms with Crippen molar-refractivity contribution < 1.29 is 8.91 Å². The zero-order valence-electron chi connectivity index (χ0n) is 9.91. The molecule has 3 heterocycles. The number of anilines is 1. The number of hydrogen-bond acceptors (Lipinski definition) is 5. The maximum atomic E-state index is 13.1. The molecule has 19 heavy (non-hydrogen) atoms. The highest BCUT2D eigenvalue weighted by Crippen LogP contribution is 2.35. The first-order valence-electron chi connectivity index (χ1n) is 6.01. The predicted molar refractivity (Wildman–Crippen MR) is 71.0 cm³/mol. The standard InChI is InChI=1S/C13H10FN3OS/c14-9-1-2-11-12(5-9)19-13(15-11)17-6-8(7-17)10-3-4-18-16-10/h1-5,8H,6-7H2. The van der Waals surface area contributed by atoms with Gasteiger partial charge in [-0.2, -0.15) is 0 Å². The monoisotopic (exact) mass is 275 g/mol. The number of benzene rings is 1. The van der Waals surface area contributed by atoms with Gasteiger partial charge in [0.05, 0.1) is 15.9 Å². The van der Waals surface area contributed by atoms with Gasteiger partial charge in [0.15, 0.2) is 5.13 Å². The molecule has 0 aliphatic carbocycles. The number of aromatic nitrogens is 2. The highest BCUT2D eigenvalue weighted by Gasteiger charge is 2.31. The van der Waals surface area contributed by atoms with Crippen molar-refractivity contribution in [3.05, 3.63) is 42.0 Å². The topological polar surface area (TPSA) is 42.2 Å². The summed E-state index contributed by atoms with van der Waals surface area (Å²) in [7, 11) is 0. The van der Waals surface area contributed by atoms with Crippen LogP contribution in [0.15, 0.2) is 35.1 Å². The molecule has 1 aliphatic heterocycles. The molecule has 1 aliphatic rings. The number of thiazole rings is 1. The molecule has 0 N–H and O–H groups in total. The Bertz CT molecular complexity index is 719. The average Bonchev–Trinajstić information content (AvgIpc) is 2.95. The molecule has 1 fully saturated rings. The summed E-state index contributed by atoms with van der Waals surface area (Å²) in [4.78, 5) is 6.71. The zero-order chi connectivity index (χ0) is 12.8. The van der Waals surface area contributed by atoms with E-state index < -0.39 is 0 Å². The van der Waals surface area contributed by atoms with E-state index in [1.54, 1.807) is 12.3 Å². The Morgan fingerprint density at radius 3 is 3.00 bits per heavy atom. The highest BCUT2D eigenvalue weighted by atomic mass is 32.1. The van der Waals surface area contributed by atoms with Gasteiger partial charge in [-0.15, -0.1) is 0 Å². The SMILES string of the molecule is Fc1ccc2nc(N3CC(c4ccon4)C3)sc2c1. The van der Waals surface area contributed by atoms with E-state index in [0.717, 1.165) is 34.1 Å². The Morgan fingerprint density at radius 2 is 2.21 bits per heavy atom. The third-order valence-electron chi connectivity index (χ3n) is 3.37. The van der Waals surface area contributed by atoms with Crippen LogP contribution in [-0.2, 0) is 0 Å². The van der Waals surface area contributed by atoms with Gasteiger partial charge in [0.2, 0.25) is 0 Å². The van der Waals surface area contributed by atoms with Gasteiger partial charge in [-0.3, -0.25) is 0 Å². The van der Waals surface area contributed by atoms with Crippen molar-refractivity contribution in [2.24, 2.45) is 0 Å². The highest BCUT2D eigenvalue weighted by molar-refractivity contribution is 7.22. The number of rotatable bonds is 2. The molecule has 1 aromatic carbocycles. The van der Waals surface area contributed by atoms with Crippen molar-refractivity contribution in [1.82, 2.24) is 10.1 Å². The molecule has 4 rings (SSSR count). The summed E-state index contributed by atoms with van der Waals surface area (Å²) >= 11 is 1.53. The van der Waals surface area contributed by atoms with Crippen LogP contribution in [0.2, 0.25) is 0 Å². The molecule has 6 heteroatoms. The Morgan fingerprint density at radius 1 is 1.32 bits per heavy atom. The van der Waals surface area contributed by atoms with Crippen LogP contribution in [0.1, 0.15) is 11.6 Å². The molecule has 0 saturated carbocycles. The minimum atomic E-state index is -0.216. The molecule has 0 atom stereocenters. The summed E-state index contributed by atoms with van der Waals surface area (Å²) in [6.07, 6.45) is 1.60. The van der Waals surface area contributed by atoms with Crippen LogP contribution >= 0.6 is 11.3 Å². The van der Waals surface area contributed by atoms with Gasteiger partial charge < -0.3 is 9.42 Å². The normalized spacial score (nSPS) is 15.9. The smallest absolute Gasteiger partial charge is 0.186 e. The number of hydrogen-bond donors (Lipinski definition) is 0. The molecule has 1 saturated heterocycles. The van der Waals surface area contributed by atoms with E-state index in [4.69, 9.17) is 4.52 Å². The molecular formula is C13H10FN3OS. The first kappa shape index (κ1) is 10.9. The van der Waals surface area contributed by atoms with E-state index in [9.17, 15) is 4.39 Å². The van der Waals surface area contributed by atoms with Crippen LogP contribution in [0, 0.1) is 5.82 Å². The summed E-state index contributed by atoms with van der Waals surface area (Å²) in [5, 5.41) is 4.90. The summed E-state index contributed by atoms with van der Waals surface area (Å²) in [6.45, 7) is 1.77. The first-order valence-corrected chi connectivity index (χ1v) is 6.82. The second-order valence-corrected chi connectivity index (χ2v) is 5.64. The second-order valence-electron chi connectivity index (χ2n) is 4.63. The Labute approximate surface area is 112 Å². The predicted octanol–water partition coefficient (Wildman–Crippen LogP) is 3.03. The lowest BCUT2D eigenvalue weighted by molar-refractivity contribution is 0.393. The molecule has 0 unspecified atom stereocenters. The van der Waals surface area contributed by atoms with E-state index in [0.29, 0.717) is 5.92 Å². The Hall–Kier alpha value is -1.95. The van der Waals surface area contributed by atoms with Crippen molar-refractivity contribution in [3.8, 4) is 0 Å². The molecule has 0 bridgehead atoms. The van der Waals surface area contributed by atoms with Gasteiger partial charge in [-0.1, -0.05) is 16.5 Å². The van der Waals surface area contributed by atoms with E-state index in [2.05, 4.69) is 15.0 Å². The summed E-state index contributed by atoms with van der Waals surface area (Å²) in [5.41, 5.74) is 1.84. The fourth-order valence-corrected chi connectivity index (χ4v) is 3.28. The molecule has 4 nitrogen and oxygen atoms in total. The van der Waals surface area contributed by atoms with Gasteiger partial charge in [0.25, 0.3) is 0 Å². The van der Waals surface area contributed by atoms with Gasteiger partial charge >= 0.3 is 0 Å². The van der Waals surface area contributed by atoms with Crippen molar-refractivity contribution in [2.75, 3.05) is 18.0 Å². The Balaban J connectivity index is 1.56. The van der Waals surface area contributed by atoms with Crippen molar-refractivity contribution in [1.29, 1.82) is 0 Å². The lowest BCUT2D eigenvalue weighted by atomic mass is 9.97. The van der Waals surface area contributed by atoms with Crippen LogP contribution in [0.5, 0.6) is 0 Å². The van der Waals surface area contributed by atoms with Crippen molar-refractivity contribution in [3.63, 3.8) is 0 Å². The minimum Gasteiger partial charge on any atom is -0.364 e. The number of nitrogens with zero attached hydrogens (tertiary/aromatic N) is 3. The fourth-order valence-electron chi connectivity index (χ4n) is 2.28. The summed E-state index contributed by atoms with van der Waals surface area (Å²) < 4.78 is 18.9.